The first-order chi connectivity index (χ1) is 9.20. The summed E-state index contributed by atoms with van der Waals surface area (Å²) in [6.07, 6.45) is 8.65. The molecule has 0 aliphatic heterocycles. The van der Waals surface area contributed by atoms with Crippen LogP contribution in [0.3, 0.4) is 0 Å². The number of hydrogen-bond donors (Lipinski definition) is 1. The van der Waals surface area contributed by atoms with Crippen LogP contribution in [-0.2, 0) is 11.3 Å². The number of nitrogens with one attached hydrogen (secondary N) is 1. The number of hydrogen-bond acceptors (Lipinski definition) is 4. The summed E-state index contributed by atoms with van der Waals surface area (Å²) in [6, 6.07) is 0. The molecule has 0 bridgehead atoms. The van der Waals surface area contributed by atoms with E-state index in [1.807, 2.05) is 0 Å². The molecule has 0 aromatic carbocycles. The molecule has 6 heteroatoms. The SMILES string of the molecule is C#CCn1ncc(NCCCOCCC)c(Br)c1=O. The van der Waals surface area contributed by atoms with Gasteiger partial charge in [-0.05, 0) is 28.8 Å². The number of nitrogens with zero attached hydrogens (tertiary/aromatic N) is 2. The molecule has 1 heterocycles. The summed E-state index contributed by atoms with van der Waals surface area (Å²) in [5.41, 5.74) is 0.443. The van der Waals surface area contributed by atoms with Crippen molar-refractivity contribution in [2.24, 2.45) is 0 Å². The van der Waals surface area contributed by atoms with Gasteiger partial charge in [0.1, 0.15) is 11.0 Å². The summed E-state index contributed by atoms with van der Waals surface area (Å²) < 4.78 is 7.06. The van der Waals surface area contributed by atoms with E-state index in [4.69, 9.17) is 11.2 Å². The van der Waals surface area contributed by atoms with E-state index in [0.29, 0.717) is 16.8 Å². The first-order valence-corrected chi connectivity index (χ1v) is 7.00. The van der Waals surface area contributed by atoms with Gasteiger partial charge in [0.2, 0.25) is 0 Å². The summed E-state index contributed by atoms with van der Waals surface area (Å²) >= 11 is 3.26. The number of anilines is 1. The van der Waals surface area contributed by atoms with Crippen molar-refractivity contribution >= 4 is 21.6 Å². The van der Waals surface area contributed by atoms with Gasteiger partial charge in [-0.2, -0.15) is 5.10 Å². The Morgan fingerprint density at radius 2 is 2.37 bits per heavy atom. The molecule has 1 aromatic rings. The molecule has 0 aliphatic rings. The van der Waals surface area contributed by atoms with Crippen LogP contribution in [0, 0.1) is 12.3 Å². The zero-order valence-corrected chi connectivity index (χ0v) is 12.6. The van der Waals surface area contributed by atoms with Gasteiger partial charge in [0.05, 0.1) is 11.9 Å². The highest BCUT2D eigenvalue weighted by atomic mass is 79.9. The van der Waals surface area contributed by atoms with Gasteiger partial charge in [-0.15, -0.1) is 6.42 Å². The van der Waals surface area contributed by atoms with E-state index < -0.39 is 0 Å². The molecule has 5 nitrogen and oxygen atoms in total. The predicted octanol–water partition coefficient (Wildman–Crippen LogP) is 1.87. The van der Waals surface area contributed by atoms with E-state index in [0.717, 1.165) is 26.0 Å². The second kappa shape index (κ2) is 8.73. The molecule has 0 saturated carbocycles. The minimum absolute atomic E-state index is 0.169. The van der Waals surface area contributed by atoms with Crippen LogP contribution in [-0.4, -0.2) is 29.5 Å². The Morgan fingerprint density at radius 1 is 1.58 bits per heavy atom. The fourth-order valence-electron chi connectivity index (χ4n) is 1.43. The zero-order chi connectivity index (χ0) is 14.1. The lowest BCUT2D eigenvalue weighted by atomic mass is 10.4. The van der Waals surface area contributed by atoms with Crippen molar-refractivity contribution in [3.8, 4) is 12.3 Å². The molecule has 1 aromatic heterocycles. The second-order valence-corrected chi connectivity index (χ2v) is 4.72. The number of halogens is 1. The van der Waals surface area contributed by atoms with Crippen LogP contribution in [0.15, 0.2) is 15.5 Å². The topological polar surface area (TPSA) is 56.1 Å². The first kappa shape index (κ1) is 15.7. The van der Waals surface area contributed by atoms with Crippen LogP contribution in [0.4, 0.5) is 5.69 Å². The van der Waals surface area contributed by atoms with Gasteiger partial charge < -0.3 is 10.1 Å². The largest absolute Gasteiger partial charge is 0.383 e. The lowest BCUT2D eigenvalue weighted by Crippen LogP contribution is -2.24. The third kappa shape index (κ3) is 5.05. The van der Waals surface area contributed by atoms with Crippen LogP contribution in [0.1, 0.15) is 19.8 Å². The van der Waals surface area contributed by atoms with Crippen LogP contribution < -0.4 is 10.9 Å². The maximum atomic E-state index is 11.8. The molecule has 0 aliphatic carbocycles. The first-order valence-electron chi connectivity index (χ1n) is 6.21. The third-order valence-corrected chi connectivity index (χ3v) is 3.12. The highest BCUT2D eigenvalue weighted by Gasteiger charge is 2.07. The lowest BCUT2D eigenvalue weighted by molar-refractivity contribution is 0.134. The molecule has 0 atom stereocenters. The molecule has 1 N–H and O–H groups in total. The molecule has 1 rings (SSSR count). The van der Waals surface area contributed by atoms with Crippen molar-refractivity contribution in [3.05, 3.63) is 21.0 Å². The number of aromatic nitrogens is 2. The number of rotatable bonds is 8. The second-order valence-electron chi connectivity index (χ2n) is 3.93. The maximum absolute atomic E-state index is 11.8. The van der Waals surface area contributed by atoms with Gasteiger partial charge in [-0.25, -0.2) is 4.68 Å². The predicted molar refractivity (Wildman–Crippen MR) is 79.2 cm³/mol. The minimum atomic E-state index is -0.231. The molecule has 0 spiro atoms. The third-order valence-electron chi connectivity index (χ3n) is 2.36. The molecule has 0 amide bonds. The maximum Gasteiger partial charge on any atom is 0.284 e. The van der Waals surface area contributed by atoms with Crippen molar-refractivity contribution in [1.82, 2.24) is 9.78 Å². The average Bonchev–Trinajstić information content (AvgIpc) is 2.41. The quantitative estimate of drug-likeness (QED) is 0.585. The summed E-state index contributed by atoms with van der Waals surface area (Å²) in [4.78, 5) is 11.8. The van der Waals surface area contributed by atoms with Gasteiger partial charge in [-0.3, -0.25) is 4.79 Å². The van der Waals surface area contributed by atoms with Gasteiger partial charge in [0, 0.05) is 19.8 Å². The van der Waals surface area contributed by atoms with E-state index in [2.05, 4.69) is 39.2 Å². The van der Waals surface area contributed by atoms with Crippen LogP contribution >= 0.6 is 15.9 Å². The fourth-order valence-corrected chi connectivity index (χ4v) is 1.88. The van der Waals surface area contributed by atoms with Crippen molar-refractivity contribution < 1.29 is 4.74 Å². The zero-order valence-electron chi connectivity index (χ0n) is 11.0. The summed E-state index contributed by atoms with van der Waals surface area (Å²) in [6.45, 7) is 4.46. The molecule has 0 saturated heterocycles. The Morgan fingerprint density at radius 3 is 3.05 bits per heavy atom. The van der Waals surface area contributed by atoms with E-state index in [9.17, 15) is 4.79 Å². The number of ether oxygens (including phenoxy) is 1. The Hall–Kier alpha value is -1.32. The Bertz CT molecular complexity index is 494. The minimum Gasteiger partial charge on any atom is -0.383 e. The highest BCUT2D eigenvalue weighted by molar-refractivity contribution is 9.10. The molecule has 19 heavy (non-hydrogen) atoms. The van der Waals surface area contributed by atoms with Gasteiger partial charge in [0.25, 0.3) is 5.56 Å². The van der Waals surface area contributed by atoms with Gasteiger partial charge in [-0.1, -0.05) is 12.8 Å². The Kier molecular flexibility index (Phi) is 7.23. The molecular weight excluding hydrogens is 310 g/mol. The average molecular weight is 328 g/mol. The van der Waals surface area contributed by atoms with Gasteiger partial charge in [0.15, 0.2) is 0 Å². The molecular formula is C13H18BrN3O2. The summed E-state index contributed by atoms with van der Waals surface area (Å²) in [7, 11) is 0. The molecule has 104 valence electrons. The molecule has 0 radical (unpaired) electrons. The van der Waals surface area contributed by atoms with Crippen LogP contribution in [0.25, 0.3) is 0 Å². The van der Waals surface area contributed by atoms with Crippen molar-refractivity contribution in [1.29, 1.82) is 0 Å². The van der Waals surface area contributed by atoms with E-state index >= 15 is 0 Å². The summed E-state index contributed by atoms with van der Waals surface area (Å²) in [5, 5.41) is 7.14. The van der Waals surface area contributed by atoms with Crippen LogP contribution in [0.5, 0.6) is 0 Å². The van der Waals surface area contributed by atoms with Crippen LogP contribution in [0.2, 0.25) is 0 Å². The summed E-state index contributed by atoms with van der Waals surface area (Å²) in [5.74, 6) is 2.39. The van der Waals surface area contributed by atoms with Crippen molar-refractivity contribution in [3.63, 3.8) is 0 Å². The highest BCUT2D eigenvalue weighted by Crippen LogP contribution is 2.15. The lowest BCUT2D eigenvalue weighted by Gasteiger charge is -2.09. The van der Waals surface area contributed by atoms with Gasteiger partial charge >= 0.3 is 0 Å². The smallest absolute Gasteiger partial charge is 0.284 e. The van der Waals surface area contributed by atoms with Crippen molar-refractivity contribution in [2.45, 2.75) is 26.3 Å². The molecule has 0 unspecified atom stereocenters. The fraction of sp³-hybridized carbons (Fsp3) is 0.538. The van der Waals surface area contributed by atoms with E-state index in [1.54, 1.807) is 6.20 Å². The van der Waals surface area contributed by atoms with E-state index in [-0.39, 0.29) is 12.1 Å². The van der Waals surface area contributed by atoms with Crippen molar-refractivity contribution in [2.75, 3.05) is 25.1 Å². The molecule has 0 fully saturated rings. The number of terminal acetylenes is 1. The monoisotopic (exact) mass is 327 g/mol. The standard InChI is InChI=1S/C13H18BrN3O2/c1-3-7-17-13(18)12(14)11(10-16-17)15-6-5-9-19-8-4-2/h1,10,15H,4-9H2,2H3. The Balaban J connectivity index is 2.49. The normalized spacial score (nSPS) is 10.2. The van der Waals surface area contributed by atoms with E-state index in [1.165, 1.54) is 4.68 Å². The Labute approximate surface area is 121 Å².